The molecule has 0 bridgehead atoms. The Morgan fingerprint density at radius 3 is 2.57 bits per heavy atom. The number of carboxylic acids is 1. The van der Waals surface area contributed by atoms with Gasteiger partial charge in [0.2, 0.25) is 0 Å². The van der Waals surface area contributed by atoms with Crippen molar-refractivity contribution in [2.45, 2.75) is 31.4 Å². The van der Waals surface area contributed by atoms with Crippen LogP contribution < -0.4 is 5.73 Å². The molecule has 82 valence electrons. The van der Waals surface area contributed by atoms with Crippen molar-refractivity contribution in [1.29, 1.82) is 0 Å². The highest BCUT2D eigenvalue weighted by molar-refractivity contribution is 5.74. The summed E-state index contributed by atoms with van der Waals surface area (Å²) in [4.78, 5) is 11.9. The minimum atomic E-state index is -2.70. The van der Waals surface area contributed by atoms with Crippen molar-refractivity contribution in [2.75, 3.05) is 13.1 Å². The Balaban J connectivity index is 2.55. The summed E-state index contributed by atoms with van der Waals surface area (Å²) in [6, 6.07) is -1.66. The number of carbonyl (C=O) groups is 1. The van der Waals surface area contributed by atoms with Crippen LogP contribution in [0, 0.1) is 0 Å². The second-order valence-electron chi connectivity index (χ2n) is 3.68. The number of carboxylic acid groups (broad SMARTS) is 1. The van der Waals surface area contributed by atoms with E-state index in [1.807, 2.05) is 0 Å². The molecule has 1 aliphatic rings. The molecule has 0 amide bonds. The second-order valence-corrected chi connectivity index (χ2v) is 3.68. The van der Waals surface area contributed by atoms with Crippen LogP contribution in [0.1, 0.15) is 13.3 Å². The van der Waals surface area contributed by atoms with Gasteiger partial charge in [-0.2, -0.15) is 0 Å². The number of aliphatic carboxylic acids is 1. The highest BCUT2D eigenvalue weighted by Crippen LogP contribution is 2.28. The number of halogens is 2. The molecule has 3 N–H and O–H groups in total. The van der Waals surface area contributed by atoms with Crippen molar-refractivity contribution in [2.24, 2.45) is 5.73 Å². The smallest absolute Gasteiger partial charge is 0.322 e. The van der Waals surface area contributed by atoms with Gasteiger partial charge in [-0.15, -0.1) is 0 Å². The zero-order chi connectivity index (χ0) is 10.9. The highest BCUT2D eigenvalue weighted by Gasteiger charge is 2.41. The molecule has 6 heteroatoms. The van der Waals surface area contributed by atoms with Crippen molar-refractivity contribution in [3.8, 4) is 0 Å². The molecule has 0 saturated carbocycles. The first-order chi connectivity index (χ1) is 6.33. The normalized spacial score (nSPS) is 26.0. The van der Waals surface area contributed by atoms with Gasteiger partial charge in [0.15, 0.2) is 0 Å². The molecule has 2 unspecified atom stereocenters. The fraction of sp³-hybridized carbons (Fsp3) is 0.875. The number of likely N-dealkylation sites (tertiary alicyclic amines) is 1. The molecule has 0 aromatic heterocycles. The highest BCUT2D eigenvalue weighted by atomic mass is 19.3. The van der Waals surface area contributed by atoms with Gasteiger partial charge in [0.05, 0.1) is 6.54 Å². The van der Waals surface area contributed by atoms with Crippen LogP contribution in [0.2, 0.25) is 0 Å². The lowest BCUT2D eigenvalue weighted by Gasteiger charge is -2.26. The van der Waals surface area contributed by atoms with E-state index < -0.39 is 30.5 Å². The Bertz CT molecular complexity index is 235. The SMILES string of the molecule is CC(C(N)C(=O)O)N1CCC(F)(F)C1. The van der Waals surface area contributed by atoms with Crippen LogP contribution in [0.4, 0.5) is 8.78 Å². The van der Waals surface area contributed by atoms with Crippen molar-refractivity contribution in [3.05, 3.63) is 0 Å². The first-order valence-corrected chi connectivity index (χ1v) is 4.44. The van der Waals surface area contributed by atoms with Crippen LogP contribution in [0.15, 0.2) is 0 Å². The molecule has 0 aromatic rings. The van der Waals surface area contributed by atoms with E-state index in [1.54, 1.807) is 6.92 Å². The van der Waals surface area contributed by atoms with E-state index in [0.717, 1.165) is 0 Å². The molecule has 1 heterocycles. The van der Waals surface area contributed by atoms with Gasteiger partial charge in [0, 0.05) is 19.0 Å². The van der Waals surface area contributed by atoms with Crippen LogP contribution in [0.25, 0.3) is 0 Å². The van der Waals surface area contributed by atoms with E-state index in [9.17, 15) is 13.6 Å². The zero-order valence-corrected chi connectivity index (χ0v) is 7.91. The van der Waals surface area contributed by atoms with Crippen LogP contribution in [-0.2, 0) is 4.79 Å². The monoisotopic (exact) mass is 208 g/mol. The quantitative estimate of drug-likeness (QED) is 0.691. The van der Waals surface area contributed by atoms with Crippen molar-refractivity contribution >= 4 is 5.97 Å². The maximum atomic E-state index is 12.8. The minimum Gasteiger partial charge on any atom is -0.480 e. The average molecular weight is 208 g/mol. The first kappa shape index (κ1) is 11.3. The summed E-state index contributed by atoms with van der Waals surface area (Å²) in [5.41, 5.74) is 5.34. The Kier molecular flexibility index (Phi) is 3.06. The molecule has 0 spiro atoms. The van der Waals surface area contributed by atoms with Gasteiger partial charge in [-0.3, -0.25) is 9.69 Å². The van der Waals surface area contributed by atoms with E-state index in [2.05, 4.69) is 0 Å². The molecule has 1 aliphatic heterocycles. The number of nitrogens with two attached hydrogens (primary N) is 1. The molecular formula is C8H14F2N2O2. The molecule has 14 heavy (non-hydrogen) atoms. The summed E-state index contributed by atoms with van der Waals surface area (Å²) in [6.45, 7) is 1.37. The largest absolute Gasteiger partial charge is 0.480 e. The number of nitrogens with zero attached hydrogens (tertiary/aromatic N) is 1. The van der Waals surface area contributed by atoms with Gasteiger partial charge in [-0.1, -0.05) is 0 Å². The molecule has 0 aliphatic carbocycles. The number of hydrogen-bond acceptors (Lipinski definition) is 3. The molecule has 4 nitrogen and oxygen atoms in total. The van der Waals surface area contributed by atoms with Crippen LogP contribution in [0.3, 0.4) is 0 Å². The summed E-state index contributed by atoms with van der Waals surface area (Å²) < 4.78 is 25.6. The lowest BCUT2D eigenvalue weighted by atomic mass is 10.1. The fourth-order valence-corrected chi connectivity index (χ4v) is 1.54. The number of rotatable bonds is 3. The second kappa shape index (κ2) is 3.78. The predicted molar refractivity (Wildman–Crippen MR) is 46.2 cm³/mol. The van der Waals surface area contributed by atoms with Crippen molar-refractivity contribution < 1.29 is 18.7 Å². The van der Waals surface area contributed by atoms with E-state index in [-0.39, 0.29) is 13.0 Å². The topological polar surface area (TPSA) is 66.6 Å². The summed E-state index contributed by atoms with van der Waals surface area (Å²) >= 11 is 0. The zero-order valence-electron chi connectivity index (χ0n) is 7.91. The van der Waals surface area contributed by atoms with Gasteiger partial charge in [0.1, 0.15) is 6.04 Å². The third-order valence-electron chi connectivity index (χ3n) is 2.58. The Morgan fingerprint density at radius 2 is 2.21 bits per heavy atom. The van der Waals surface area contributed by atoms with Crippen LogP contribution in [0.5, 0.6) is 0 Å². The molecule has 1 fully saturated rings. The summed E-state index contributed by atoms with van der Waals surface area (Å²) in [6.07, 6.45) is -0.219. The van der Waals surface area contributed by atoms with Gasteiger partial charge in [0.25, 0.3) is 5.92 Å². The first-order valence-electron chi connectivity index (χ1n) is 4.44. The van der Waals surface area contributed by atoms with E-state index >= 15 is 0 Å². The molecule has 2 atom stereocenters. The Morgan fingerprint density at radius 1 is 1.64 bits per heavy atom. The lowest BCUT2D eigenvalue weighted by Crippen LogP contribution is -2.49. The Labute approximate surface area is 80.7 Å². The number of hydrogen-bond donors (Lipinski definition) is 2. The summed E-state index contributed by atoms with van der Waals surface area (Å²) in [5, 5.41) is 8.60. The lowest BCUT2D eigenvalue weighted by molar-refractivity contribution is -0.140. The third-order valence-corrected chi connectivity index (χ3v) is 2.58. The summed E-state index contributed by atoms with van der Waals surface area (Å²) in [7, 11) is 0. The molecule has 0 aromatic carbocycles. The molecule has 0 radical (unpaired) electrons. The number of alkyl halides is 2. The van der Waals surface area contributed by atoms with E-state index in [0.29, 0.717) is 0 Å². The maximum Gasteiger partial charge on any atom is 0.322 e. The summed E-state index contributed by atoms with van der Waals surface area (Å²) in [5.74, 6) is -3.86. The average Bonchev–Trinajstić information content (AvgIpc) is 2.43. The van der Waals surface area contributed by atoms with Crippen molar-refractivity contribution in [1.82, 2.24) is 4.90 Å². The van der Waals surface area contributed by atoms with Crippen LogP contribution >= 0.6 is 0 Å². The third kappa shape index (κ3) is 2.39. The minimum absolute atomic E-state index is 0.204. The predicted octanol–water partition coefficient (Wildman–Crippen LogP) is 0.128. The van der Waals surface area contributed by atoms with Gasteiger partial charge in [-0.25, -0.2) is 8.78 Å². The molecule has 1 saturated heterocycles. The van der Waals surface area contributed by atoms with Crippen LogP contribution in [-0.4, -0.2) is 47.1 Å². The van der Waals surface area contributed by atoms with Crippen molar-refractivity contribution in [3.63, 3.8) is 0 Å². The maximum absolute atomic E-state index is 12.8. The fourth-order valence-electron chi connectivity index (χ4n) is 1.54. The van der Waals surface area contributed by atoms with Gasteiger partial charge in [-0.05, 0) is 6.92 Å². The molecular weight excluding hydrogens is 194 g/mol. The van der Waals surface area contributed by atoms with E-state index in [4.69, 9.17) is 10.8 Å². The van der Waals surface area contributed by atoms with Gasteiger partial charge >= 0.3 is 5.97 Å². The molecule has 1 rings (SSSR count). The van der Waals surface area contributed by atoms with E-state index in [1.165, 1.54) is 4.90 Å². The Hall–Kier alpha value is -0.750. The van der Waals surface area contributed by atoms with Gasteiger partial charge < -0.3 is 10.8 Å². The standard InChI is InChI=1S/C8H14F2N2O2/c1-5(6(11)7(13)14)12-3-2-8(9,10)4-12/h5-6H,2-4,11H2,1H3,(H,13,14).